The Morgan fingerprint density at radius 3 is 2.95 bits per heavy atom. The van der Waals surface area contributed by atoms with Gasteiger partial charge < -0.3 is 10.4 Å². The van der Waals surface area contributed by atoms with Crippen molar-refractivity contribution in [2.45, 2.75) is 32.7 Å². The summed E-state index contributed by atoms with van der Waals surface area (Å²) in [5.74, 6) is -0.323. The van der Waals surface area contributed by atoms with Gasteiger partial charge in [0.05, 0.1) is 16.8 Å². The molecule has 0 radical (unpaired) electrons. The van der Waals surface area contributed by atoms with E-state index in [1.54, 1.807) is 4.68 Å². The van der Waals surface area contributed by atoms with Gasteiger partial charge in [0.15, 0.2) is 5.65 Å². The summed E-state index contributed by atoms with van der Waals surface area (Å²) in [6.45, 7) is 4.03. The fourth-order valence-electron chi connectivity index (χ4n) is 2.78. The van der Waals surface area contributed by atoms with E-state index in [0.29, 0.717) is 23.3 Å². The van der Waals surface area contributed by atoms with Crippen molar-refractivity contribution in [3.05, 3.63) is 17.5 Å². The van der Waals surface area contributed by atoms with Crippen molar-refractivity contribution >= 4 is 22.7 Å². The Labute approximate surface area is 116 Å². The first kappa shape index (κ1) is 12.9. The third-order valence-corrected chi connectivity index (χ3v) is 4.03. The maximum Gasteiger partial charge on any atom is 0.339 e. The highest BCUT2D eigenvalue weighted by Gasteiger charge is 2.36. The lowest BCUT2D eigenvalue weighted by atomic mass is 10.1. The Hall–Kier alpha value is -2.11. The first-order chi connectivity index (χ1) is 9.52. The highest BCUT2D eigenvalue weighted by Crippen LogP contribution is 2.39. The minimum absolute atomic E-state index is 0.218. The SMILES string of the molecule is CCC1CC1Nc1c(C(=O)O)cnc2c1c(C)nn2C. The van der Waals surface area contributed by atoms with Gasteiger partial charge in [-0.05, 0) is 19.3 Å². The molecule has 0 bridgehead atoms. The van der Waals surface area contributed by atoms with Crippen LogP contribution in [-0.4, -0.2) is 31.9 Å². The average Bonchev–Trinajstić information content (AvgIpc) is 3.09. The van der Waals surface area contributed by atoms with E-state index in [9.17, 15) is 9.90 Å². The third kappa shape index (κ3) is 1.92. The van der Waals surface area contributed by atoms with Gasteiger partial charge in [-0.1, -0.05) is 13.3 Å². The Morgan fingerprint density at radius 1 is 1.60 bits per heavy atom. The standard InChI is InChI=1S/C14H18N4O2/c1-4-8-5-10(8)16-12-9(14(19)20)6-15-13-11(12)7(2)17-18(13)3/h6,8,10H,4-5H2,1-3H3,(H,15,16)(H,19,20). The molecule has 2 unspecified atom stereocenters. The zero-order chi connectivity index (χ0) is 14.4. The molecule has 1 saturated carbocycles. The Bertz CT molecular complexity index is 692. The van der Waals surface area contributed by atoms with E-state index in [0.717, 1.165) is 23.9 Å². The van der Waals surface area contributed by atoms with Crippen molar-refractivity contribution in [2.75, 3.05) is 5.32 Å². The molecule has 106 valence electrons. The second-order valence-corrected chi connectivity index (χ2v) is 5.41. The van der Waals surface area contributed by atoms with Gasteiger partial charge in [0, 0.05) is 19.3 Å². The molecule has 2 aromatic rings. The minimum atomic E-state index is -0.959. The molecular formula is C14H18N4O2. The third-order valence-electron chi connectivity index (χ3n) is 4.03. The molecule has 20 heavy (non-hydrogen) atoms. The average molecular weight is 274 g/mol. The summed E-state index contributed by atoms with van der Waals surface area (Å²) in [6.07, 6.45) is 3.62. The molecule has 3 rings (SSSR count). The number of aryl methyl sites for hydroxylation is 2. The van der Waals surface area contributed by atoms with E-state index < -0.39 is 5.97 Å². The van der Waals surface area contributed by atoms with E-state index in [-0.39, 0.29) is 5.56 Å². The van der Waals surface area contributed by atoms with Crippen molar-refractivity contribution in [3.63, 3.8) is 0 Å². The van der Waals surface area contributed by atoms with Gasteiger partial charge in [-0.3, -0.25) is 4.68 Å². The predicted molar refractivity (Wildman–Crippen MR) is 76.0 cm³/mol. The van der Waals surface area contributed by atoms with Crippen molar-refractivity contribution in [1.82, 2.24) is 14.8 Å². The zero-order valence-corrected chi connectivity index (χ0v) is 11.8. The summed E-state index contributed by atoms with van der Waals surface area (Å²) in [6, 6.07) is 0.364. The van der Waals surface area contributed by atoms with Gasteiger partial charge in [0.1, 0.15) is 5.56 Å². The number of aromatic nitrogens is 3. The molecule has 1 aliphatic rings. The number of hydrogen-bond donors (Lipinski definition) is 2. The summed E-state index contributed by atoms with van der Waals surface area (Å²) >= 11 is 0. The highest BCUT2D eigenvalue weighted by molar-refractivity contribution is 6.04. The summed E-state index contributed by atoms with van der Waals surface area (Å²) in [5, 5.41) is 17.9. The van der Waals surface area contributed by atoms with Gasteiger partial charge in [0.2, 0.25) is 0 Å². The minimum Gasteiger partial charge on any atom is -0.478 e. The lowest BCUT2D eigenvalue weighted by Crippen LogP contribution is -2.11. The van der Waals surface area contributed by atoms with E-state index in [1.165, 1.54) is 6.20 Å². The smallest absolute Gasteiger partial charge is 0.339 e. The second kappa shape index (κ2) is 4.47. The molecule has 0 aliphatic heterocycles. The molecule has 2 aromatic heterocycles. The zero-order valence-electron chi connectivity index (χ0n) is 11.8. The molecule has 2 N–H and O–H groups in total. The van der Waals surface area contributed by atoms with Gasteiger partial charge in [-0.15, -0.1) is 0 Å². The summed E-state index contributed by atoms with van der Waals surface area (Å²) in [4.78, 5) is 15.7. The van der Waals surface area contributed by atoms with Crippen LogP contribution in [0.3, 0.4) is 0 Å². The maximum absolute atomic E-state index is 11.4. The van der Waals surface area contributed by atoms with Crippen LogP contribution in [0.25, 0.3) is 11.0 Å². The quantitative estimate of drug-likeness (QED) is 0.893. The molecular weight excluding hydrogens is 256 g/mol. The number of rotatable bonds is 4. The number of hydrogen-bond acceptors (Lipinski definition) is 4. The summed E-state index contributed by atoms with van der Waals surface area (Å²) in [7, 11) is 1.82. The molecule has 1 fully saturated rings. The highest BCUT2D eigenvalue weighted by atomic mass is 16.4. The maximum atomic E-state index is 11.4. The predicted octanol–water partition coefficient (Wildman–Crippen LogP) is 2.19. The van der Waals surface area contributed by atoms with Gasteiger partial charge in [-0.25, -0.2) is 9.78 Å². The van der Waals surface area contributed by atoms with Crippen LogP contribution in [0.4, 0.5) is 5.69 Å². The Morgan fingerprint density at radius 2 is 2.35 bits per heavy atom. The largest absolute Gasteiger partial charge is 0.478 e. The summed E-state index contributed by atoms with van der Waals surface area (Å²) in [5.41, 5.74) is 2.39. The van der Waals surface area contributed by atoms with Crippen LogP contribution < -0.4 is 5.32 Å². The number of fused-ring (bicyclic) bond motifs is 1. The topological polar surface area (TPSA) is 80.0 Å². The fraction of sp³-hybridized carbons (Fsp3) is 0.500. The van der Waals surface area contributed by atoms with Gasteiger partial charge >= 0.3 is 5.97 Å². The molecule has 1 aliphatic carbocycles. The van der Waals surface area contributed by atoms with Crippen molar-refractivity contribution in [3.8, 4) is 0 Å². The van der Waals surface area contributed by atoms with Crippen LogP contribution in [0.1, 0.15) is 35.8 Å². The summed E-state index contributed by atoms with van der Waals surface area (Å²) < 4.78 is 1.69. The number of anilines is 1. The van der Waals surface area contributed by atoms with E-state index >= 15 is 0 Å². The Kier molecular flexibility index (Phi) is 2.88. The van der Waals surface area contributed by atoms with Crippen LogP contribution in [0, 0.1) is 12.8 Å². The number of nitrogens with one attached hydrogen (secondary N) is 1. The van der Waals surface area contributed by atoms with Crippen LogP contribution in [0.15, 0.2) is 6.20 Å². The second-order valence-electron chi connectivity index (χ2n) is 5.41. The Balaban J connectivity index is 2.14. The number of carboxylic acid groups (broad SMARTS) is 1. The van der Waals surface area contributed by atoms with Crippen molar-refractivity contribution in [2.24, 2.45) is 13.0 Å². The fourth-order valence-corrected chi connectivity index (χ4v) is 2.78. The van der Waals surface area contributed by atoms with Crippen LogP contribution in [-0.2, 0) is 7.05 Å². The number of carbonyl (C=O) groups is 1. The molecule has 0 saturated heterocycles. The normalized spacial score (nSPS) is 21.1. The number of carboxylic acids is 1. The van der Waals surface area contributed by atoms with Crippen LogP contribution >= 0.6 is 0 Å². The lowest BCUT2D eigenvalue weighted by Gasteiger charge is -2.11. The molecule has 0 spiro atoms. The number of aromatic carboxylic acids is 1. The first-order valence-electron chi connectivity index (χ1n) is 6.85. The molecule has 6 heteroatoms. The first-order valence-corrected chi connectivity index (χ1v) is 6.85. The van der Waals surface area contributed by atoms with Gasteiger partial charge in [-0.2, -0.15) is 5.10 Å². The number of nitrogens with zero attached hydrogens (tertiary/aromatic N) is 3. The van der Waals surface area contributed by atoms with Gasteiger partial charge in [0.25, 0.3) is 0 Å². The van der Waals surface area contributed by atoms with Crippen molar-refractivity contribution in [1.29, 1.82) is 0 Å². The molecule has 0 amide bonds. The molecule has 2 heterocycles. The molecule has 0 aromatic carbocycles. The lowest BCUT2D eigenvalue weighted by molar-refractivity contribution is 0.0697. The van der Waals surface area contributed by atoms with Crippen molar-refractivity contribution < 1.29 is 9.90 Å². The van der Waals surface area contributed by atoms with E-state index in [1.807, 2.05) is 14.0 Å². The van der Waals surface area contributed by atoms with Crippen LogP contribution in [0.5, 0.6) is 0 Å². The number of pyridine rings is 1. The van der Waals surface area contributed by atoms with Crippen LogP contribution in [0.2, 0.25) is 0 Å². The molecule has 6 nitrogen and oxygen atoms in total. The monoisotopic (exact) mass is 274 g/mol. The molecule has 2 atom stereocenters. The van der Waals surface area contributed by atoms with E-state index in [4.69, 9.17) is 0 Å². The van der Waals surface area contributed by atoms with E-state index in [2.05, 4.69) is 22.3 Å².